The second kappa shape index (κ2) is 8.36. The quantitative estimate of drug-likeness (QED) is 0.392. The van der Waals surface area contributed by atoms with E-state index in [0.717, 1.165) is 5.56 Å². The number of hydrogen-bond acceptors (Lipinski definition) is 7. The molecule has 0 radical (unpaired) electrons. The summed E-state index contributed by atoms with van der Waals surface area (Å²) in [7, 11) is -4.18. The summed E-state index contributed by atoms with van der Waals surface area (Å²) in [4.78, 5) is 30.5. The second-order valence-electron chi connectivity index (χ2n) is 6.73. The number of rotatable bonds is 5. The Labute approximate surface area is 190 Å². The van der Waals surface area contributed by atoms with Crippen LogP contribution in [-0.4, -0.2) is 29.0 Å². The van der Waals surface area contributed by atoms with Crippen LogP contribution in [-0.2, 0) is 16.6 Å². The molecule has 0 fully saturated rings. The van der Waals surface area contributed by atoms with Gasteiger partial charge in [0.15, 0.2) is 4.21 Å². The van der Waals surface area contributed by atoms with Crippen molar-refractivity contribution in [2.24, 2.45) is 5.14 Å². The van der Waals surface area contributed by atoms with Crippen molar-refractivity contribution < 1.29 is 18.3 Å². The van der Waals surface area contributed by atoms with Crippen LogP contribution >= 0.6 is 22.9 Å². The van der Waals surface area contributed by atoms with Crippen LogP contribution in [0.25, 0.3) is 11.0 Å². The molecule has 12 heteroatoms. The predicted octanol–water partition coefficient (Wildman–Crippen LogP) is 2.77. The number of nitrogens with one attached hydrogen (secondary N) is 1. The summed E-state index contributed by atoms with van der Waals surface area (Å²) in [5, 5.41) is 18.4. The molecule has 0 saturated heterocycles. The normalized spacial score (nSPS) is 11.6. The van der Waals surface area contributed by atoms with Gasteiger partial charge in [-0.05, 0) is 23.8 Å². The van der Waals surface area contributed by atoms with E-state index in [4.69, 9.17) is 16.7 Å². The van der Waals surface area contributed by atoms with E-state index < -0.39 is 32.8 Å². The highest BCUT2D eigenvalue weighted by Crippen LogP contribution is 2.35. The minimum atomic E-state index is -4.18. The van der Waals surface area contributed by atoms with Gasteiger partial charge in [0.1, 0.15) is 17.0 Å². The van der Waals surface area contributed by atoms with Gasteiger partial charge in [-0.25, -0.2) is 18.5 Å². The first-order valence-corrected chi connectivity index (χ1v) is 11.8. The van der Waals surface area contributed by atoms with Gasteiger partial charge in [0.2, 0.25) is 10.0 Å². The maximum atomic E-state index is 13.3. The van der Waals surface area contributed by atoms with E-state index in [0.29, 0.717) is 11.3 Å². The third-order valence-corrected chi connectivity index (χ3v) is 7.32. The summed E-state index contributed by atoms with van der Waals surface area (Å²) in [6.45, 7) is 0.0977. The Hall–Kier alpha value is -3.25. The highest BCUT2D eigenvalue weighted by molar-refractivity contribution is 7.91. The number of sulfonamides is 1. The number of aromatic hydroxyl groups is 1. The average Bonchev–Trinajstić information content (AvgIpc) is 3.12. The molecule has 0 aliphatic carbocycles. The number of hydrogen-bond donors (Lipinski definition) is 3. The van der Waals surface area contributed by atoms with Crippen LogP contribution in [0, 0.1) is 0 Å². The first-order chi connectivity index (χ1) is 15.2. The van der Waals surface area contributed by atoms with Crippen LogP contribution in [0.15, 0.2) is 63.7 Å². The Morgan fingerprint density at radius 3 is 2.62 bits per heavy atom. The van der Waals surface area contributed by atoms with Gasteiger partial charge in [0.05, 0.1) is 22.0 Å². The Morgan fingerprint density at radius 2 is 1.94 bits per heavy atom. The standard InChI is InChI=1S/C20H15ClN4O5S2/c21-14-9-13(20(31-14)32(22,29)30)24-18(27)15-16(26)12-7-4-8-23-17(12)25(19(15)28)10-11-5-2-1-3-6-11/h1-9,26H,10H2,(H,24,27)(H2,22,29,30). The first-order valence-electron chi connectivity index (χ1n) is 9.04. The molecule has 1 aromatic carbocycles. The molecular weight excluding hydrogens is 476 g/mol. The second-order valence-corrected chi connectivity index (χ2v) is 10.2. The zero-order valence-electron chi connectivity index (χ0n) is 16.1. The number of thiophene rings is 1. The molecule has 0 bridgehead atoms. The number of carbonyl (C=O) groups is 1. The van der Waals surface area contributed by atoms with Gasteiger partial charge in [-0.3, -0.25) is 14.2 Å². The molecule has 0 aliphatic heterocycles. The van der Waals surface area contributed by atoms with Gasteiger partial charge in [-0.15, -0.1) is 11.3 Å². The lowest BCUT2D eigenvalue weighted by molar-refractivity contribution is 0.102. The monoisotopic (exact) mass is 490 g/mol. The zero-order chi connectivity index (χ0) is 23.0. The first kappa shape index (κ1) is 22.0. The number of nitrogens with zero attached hydrogens (tertiary/aromatic N) is 2. The van der Waals surface area contributed by atoms with Gasteiger partial charge in [0.25, 0.3) is 11.5 Å². The minimum Gasteiger partial charge on any atom is -0.506 e. The number of amides is 1. The zero-order valence-corrected chi connectivity index (χ0v) is 18.5. The summed E-state index contributed by atoms with van der Waals surface area (Å²) >= 11 is 6.54. The molecule has 0 aliphatic rings. The van der Waals surface area contributed by atoms with E-state index in [1.807, 2.05) is 6.07 Å². The maximum Gasteiger partial charge on any atom is 0.269 e. The van der Waals surface area contributed by atoms with Gasteiger partial charge < -0.3 is 10.4 Å². The van der Waals surface area contributed by atoms with Crippen molar-refractivity contribution in [3.63, 3.8) is 0 Å². The van der Waals surface area contributed by atoms with Gasteiger partial charge in [-0.2, -0.15) is 0 Å². The maximum absolute atomic E-state index is 13.3. The van der Waals surface area contributed by atoms with Gasteiger partial charge in [-0.1, -0.05) is 41.9 Å². The smallest absolute Gasteiger partial charge is 0.269 e. The number of pyridine rings is 2. The molecule has 4 N–H and O–H groups in total. The molecule has 3 aromatic heterocycles. The molecule has 1 amide bonds. The summed E-state index contributed by atoms with van der Waals surface area (Å²) in [6, 6.07) is 13.3. The van der Waals surface area contributed by atoms with Crippen LogP contribution in [0.2, 0.25) is 4.34 Å². The number of primary sulfonamides is 1. The van der Waals surface area contributed by atoms with Crippen molar-refractivity contribution in [1.29, 1.82) is 0 Å². The van der Waals surface area contributed by atoms with E-state index in [1.54, 1.807) is 30.3 Å². The number of fused-ring (bicyclic) bond motifs is 1. The number of carbonyl (C=O) groups excluding carboxylic acids is 1. The summed E-state index contributed by atoms with van der Waals surface area (Å²) in [6.07, 6.45) is 1.47. The lowest BCUT2D eigenvalue weighted by atomic mass is 10.1. The molecule has 32 heavy (non-hydrogen) atoms. The molecule has 3 heterocycles. The Balaban J connectivity index is 1.86. The van der Waals surface area contributed by atoms with E-state index in [-0.39, 0.29) is 31.8 Å². The molecule has 0 spiro atoms. The fourth-order valence-electron chi connectivity index (χ4n) is 3.21. The summed E-state index contributed by atoms with van der Waals surface area (Å²) in [5.74, 6) is -1.59. The van der Waals surface area contributed by atoms with Crippen molar-refractivity contribution in [1.82, 2.24) is 9.55 Å². The third-order valence-electron chi connectivity index (χ3n) is 4.58. The topological polar surface area (TPSA) is 144 Å². The molecule has 0 atom stereocenters. The molecule has 164 valence electrons. The van der Waals surface area contributed by atoms with Crippen LogP contribution in [0.5, 0.6) is 5.75 Å². The molecule has 0 unspecified atom stereocenters. The molecule has 4 aromatic rings. The summed E-state index contributed by atoms with van der Waals surface area (Å²) < 4.78 is 24.6. The predicted molar refractivity (Wildman–Crippen MR) is 122 cm³/mol. The van der Waals surface area contributed by atoms with Crippen molar-refractivity contribution in [2.75, 3.05) is 5.32 Å². The van der Waals surface area contributed by atoms with E-state index in [9.17, 15) is 23.1 Å². The number of aromatic nitrogens is 2. The van der Waals surface area contributed by atoms with Crippen LogP contribution in [0.1, 0.15) is 15.9 Å². The third kappa shape index (κ3) is 4.10. The molecular formula is C20H15ClN4O5S2. The molecule has 0 saturated carbocycles. The van der Waals surface area contributed by atoms with Crippen molar-refractivity contribution >= 4 is 55.6 Å². The number of nitrogens with two attached hydrogens (primary N) is 1. The van der Waals surface area contributed by atoms with Crippen molar-refractivity contribution in [3.8, 4) is 5.75 Å². The number of benzene rings is 1. The van der Waals surface area contributed by atoms with Crippen LogP contribution in [0.3, 0.4) is 0 Å². The van der Waals surface area contributed by atoms with Gasteiger partial charge in [0, 0.05) is 6.20 Å². The van der Waals surface area contributed by atoms with Crippen LogP contribution in [0.4, 0.5) is 5.69 Å². The van der Waals surface area contributed by atoms with Crippen LogP contribution < -0.4 is 16.0 Å². The van der Waals surface area contributed by atoms with E-state index in [1.165, 1.54) is 22.9 Å². The Morgan fingerprint density at radius 1 is 1.22 bits per heavy atom. The fourth-order valence-corrected chi connectivity index (χ4v) is 5.41. The summed E-state index contributed by atoms with van der Waals surface area (Å²) in [5.41, 5.74) is -0.580. The average molecular weight is 491 g/mol. The van der Waals surface area contributed by atoms with E-state index in [2.05, 4.69) is 10.3 Å². The SMILES string of the molecule is NS(=O)(=O)c1sc(Cl)cc1NC(=O)c1c(O)c2cccnc2n(Cc2ccccc2)c1=O. The molecule has 9 nitrogen and oxygen atoms in total. The number of anilines is 1. The largest absolute Gasteiger partial charge is 0.506 e. The highest BCUT2D eigenvalue weighted by atomic mass is 35.5. The van der Waals surface area contributed by atoms with E-state index >= 15 is 0 Å². The highest BCUT2D eigenvalue weighted by Gasteiger charge is 2.26. The lowest BCUT2D eigenvalue weighted by Crippen LogP contribution is -2.30. The molecule has 4 rings (SSSR count). The fraction of sp³-hybridized carbons (Fsp3) is 0.0500. The number of halogens is 1. The van der Waals surface area contributed by atoms with Crippen molar-refractivity contribution in [2.45, 2.75) is 10.8 Å². The Kier molecular flexibility index (Phi) is 5.73. The lowest BCUT2D eigenvalue weighted by Gasteiger charge is -2.14. The Bertz CT molecular complexity index is 1510. The minimum absolute atomic E-state index is 0.0674. The van der Waals surface area contributed by atoms with Crippen molar-refractivity contribution in [3.05, 3.63) is 80.5 Å². The van der Waals surface area contributed by atoms with Gasteiger partial charge >= 0.3 is 0 Å².